The predicted octanol–water partition coefficient (Wildman–Crippen LogP) is 3.62. The monoisotopic (exact) mass is 297 g/mol. The highest BCUT2D eigenvalue weighted by molar-refractivity contribution is 5.67. The van der Waals surface area contributed by atoms with Gasteiger partial charge in [0.1, 0.15) is 23.7 Å². The van der Waals surface area contributed by atoms with E-state index in [-0.39, 0.29) is 0 Å². The van der Waals surface area contributed by atoms with Gasteiger partial charge in [0.2, 0.25) is 0 Å². The number of methoxy groups -OCH3 is 1. The molecule has 0 fully saturated rings. The van der Waals surface area contributed by atoms with Crippen molar-refractivity contribution in [1.82, 2.24) is 5.32 Å². The minimum atomic E-state index is -0.485. The Morgan fingerprint density at radius 1 is 1.10 bits per heavy atom. The average molecular weight is 297 g/mol. The third-order valence-electron chi connectivity index (χ3n) is 2.10. The van der Waals surface area contributed by atoms with Crippen molar-refractivity contribution in [3.05, 3.63) is 24.3 Å². The van der Waals surface area contributed by atoms with Crippen molar-refractivity contribution >= 4 is 6.09 Å². The first-order valence-corrected chi connectivity index (χ1v) is 7.14. The third kappa shape index (κ3) is 9.60. The zero-order valence-electron chi connectivity index (χ0n) is 13.9. The highest BCUT2D eigenvalue weighted by Crippen LogP contribution is 2.16. The molecule has 1 aromatic rings. The van der Waals surface area contributed by atoms with Crippen molar-refractivity contribution in [2.75, 3.05) is 20.3 Å². The lowest BCUT2D eigenvalue weighted by Gasteiger charge is -2.19. The lowest BCUT2D eigenvalue weighted by atomic mass is 10.2. The predicted molar refractivity (Wildman–Crippen MR) is 84.1 cm³/mol. The summed E-state index contributed by atoms with van der Waals surface area (Å²) in [7, 11) is 1.61. The number of hydrogen-bond donors (Lipinski definition) is 1. The maximum atomic E-state index is 11.3. The van der Waals surface area contributed by atoms with E-state index in [1.807, 2.05) is 58.9 Å². The van der Waals surface area contributed by atoms with Crippen LogP contribution in [0.2, 0.25) is 0 Å². The quantitative estimate of drug-likeness (QED) is 0.843. The van der Waals surface area contributed by atoms with Crippen molar-refractivity contribution in [3.63, 3.8) is 0 Å². The van der Waals surface area contributed by atoms with Crippen LogP contribution < -0.4 is 14.8 Å². The van der Waals surface area contributed by atoms with Crippen molar-refractivity contribution in [3.8, 4) is 11.5 Å². The van der Waals surface area contributed by atoms with Crippen LogP contribution in [0.4, 0.5) is 4.79 Å². The highest BCUT2D eigenvalue weighted by atomic mass is 16.6. The van der Waals surface area contributed by atoms with Gasteiger partial charge < -0.3 is 19.5 Å². The van der Waals surface area contributed by atoms with Gasteiger partial charge in [-0.15, -0.1) is 0 Å². The number of carbonyl (C=O) groups excluding carboxylic acids is 1. The molecule has 0 aliphatic carbocycles. The van der Waals surface area contributed by atoms with E-state index in [2.05, 4.69) is 5.32 Å². The number of rotatable bonds is 5. The summed E-state index contributed by atoms with van der Waals surface area (Å²) in [5, 5.41) is 2.62. The lowest BCUT2D eigenvalue weighted by molar-refractivity contribution is 0.0520. The number of ether oxygens (including phenoxy) is 3. The first-order chi connectivity index (χ1) is 9.90. The van der Waals surface area contributed by atoms with E-state index in [9.17, 15) is 4.79 Å². The second-order valence-corrected chi connectivity index (χ2v) is 4.95. The summed E-state index contributed by atoms with van der Waals surface area (Å²) in [5.74, 6) is 1.51. The number of hydrogen-bond acceptors (Lipinski definition) is 4. The molecule has 0 aromatic heterocycles. The van der Waals surface area contributed by atoms with E-state index in [0.717, 1.165) is 11.5 Å². The van der Waals surface area contributed by atoms with Crippen LogP contribution in [0.1, 0.15) is 34.6 Å². The van der Waals surface area contributed by atoms with Gasteiger partial charge in [0, 0.05) is 0 Å². The van der Waals surface area contributed by atoms with E-state index >= 15 is 0 Å². The van der Waals surface area contributed by atoms with E-state index in [0.29, 0.717) is 13.2 Å². The molecular formula is C16H27NO4. The summed E-state index contributed by atoms with van der Waals surface area (Å²) in [6.45, 7) is 10.2. The van der Waals surface area contributed by atoms with Crippen LogP contribution in [0.25, 0.3) is 0 Å². The molecule has 0 unspecified atom stereocenters. The van der Waals surface area contributed by atoms with Crippen LogP contribution in [0.15, 0.2) is 24.3 Å². The Morgan fingerprint density at radius 2 is 1.62 bits per heavy atom. The van der Waals surface area contributed by atoms with Crippen molar-refractivity contribution in [1.29, 1.82) is 0 Å². The standard InChI is InChI=1S/C14H21NO4.C2H6/c1-14(2,3)19-13(16)15-9-10-18-12-7-5-11(17-4)6-8-12;1-2/h5-8H,9-10H2,1-4H3,(H,15,16);1-2H3. The Hall–Kier alpha value is -1.91. The molecule has 0 spiro atoms. The first kappa shape index (κ1) is 19.1. The molecule has 1 amide bonds. The topological polar surface area (TPSA) is 56.8 Å². The zero-order valence-corrected chi connectivity index (χ0v) is 13.9. The van der Waals surface area contributed by atoms with Gasteiger partial charge in [-0.3, -0.25) is 0 Å². The summed E-state index contributed by atoms with van der Waals surface area (Å²) < 4.78 is 15.6. The SMILES string of the molecule is CC.COc1ccc(OCCNC(=O)OC(C)(C)C)cc1. The average Bonchev–Trinajstić information content (AvgIpc) is 2.44. The Morgan fingerprint density at radius 3 is 2.10 bits per heavy atom. The molecule has 0 aliphatic heterocycles. The van der Waals surface area contributed by atoms with Crippen LogP contribution in [-0.4, -0.2) is 32.0 Å². The molecule has 0 heterocycles. The molecule has 1 N–H and O–H groups in total. The molecule has 0 bridgehead atoms. The summed E-state index contributed by atoms with van der Waals surface area (Å²) in [6.07, 6.45) is -0.439. The molecule has 0 saturated heterocycles. The minimum Gasteiger partial charge on any atom is -0.497 e. The molecule has 5 heteroatoms. The molecule has 120 valence electrons. The normalized spacial score (nSPS) is 10.0. The minimum absolute atomic E-state index is 0.381. The Bertz CT molecular complexity index is 396. The van der Waals surface area contributed by atoms with E-state index in [4.69, 9.17) is 14.2 Å². The van der Waals surface area contributed by atoms with Crippen LogP contribution >= 0.6 is 0 Å². The number of nitrogens with one attached hydrogen (secondary N) is 1. The molecule has 0 aliphatic rings. The van der Waals surface area contributed by atoms with Gasteiger partial charge in [0.05, 0.1) is 13.7 Å². The van der Waals surface area contributed by atoms with Crippen molar-refractivity contribution in [2.45, 2.75) is 40.2 Å². The molecular weight excluding hydrogens is 270 g/mol. The maximum absolute atomic E-state index is 11.3. The van der Waals surface area contributed by atoms with E-state index in [1.54, 1.807) is 7.11 Å². The van der Waals surface area contributed by atoms with Crippen LogP contribution in [0.5, 0.6) is 11.5 Å². The fourth-order valence-electron chi connectivity index (χ4n) is 1.31. The number of carbonyl (C=O) groups is 1. The Balaban J connectivity index is 0.00000191. The lowest BCUT2D eigenvalue weighted by Crippen LogP contribution is -2.34. The van der Waals surface area contributed by atoms with E-state index < -0.39 is 11.7 Å². The highest BCUT2D eigenvalue weighted by Gasteiger charge is 2.15. The fourth-order valence-corrected chi connectivity index (χ4v) is 1.31. The second kappa shape index (κ2) is 9.91. The van der Waals surface area contributed by atoms with E-state index in [1.165, 1.54) is 0 Å². The summed E-state index contributed by atoms with van der Waals surface area (Å²) in [6, 6.07) is 7.26. The van der Waals surface area contributed by atoms with Crippen LogP contribution in [-0.2, 0) is 4.74 Å². The van der Waals surface area contributed by atoms with Crippen molar-refractivity contribution < 1.29 is 19.0 Å². The molecule has 5 nitrogen and oxygen atoms in total. The van der Waals surface area contributed by atoms with Crippen molar-refractivity contribution in [2.24, 2.45) is 0 Å². The summed E-state index contributed by atoms with van der Waals surface area (Å²) in [5.41, 5.74) is -0.485. The van der Waals surface area contributed by atoms with Gasteiger partial charge in [-0.2, -0.15) is 0 Å². The van der Waals surface area contributed by atoms with Gasteiger partial charge in [-0.05, 0) is 45.0 Å². The van der Waals surface area contributed by atoms with Crippen LogP contribution in [0, 0.1) is 0 Å². The molecule has 0 radical (unpaired) electrons. The fraction of sp³-hybridized carbons (Fsp3) is 0.562. The number of amides is 1. The second-order valence-electron chi connectivity index (χ2n) is 4.95. The van der Waals surface area contributed by atoms with Crippen LogP contribution in [0.3, 0.4) is 0 Å². The molecule has 1 rings (SSSR count). The van der Waals surface area contributed by atoms with Gasteiger partial charge in [-0.25, -0.2) is 4.79 Å². The molecule has 1 aromatic carbocycles. The molecule has 0 atom stereocenters. The van der Waals surface area contributed by atoms with Gasteiger partial charge in [0.15, 0.2) is 0 Å². The Kier molecular flexibility index (Phi) is 9.01. The number of alkyl carbamates (subject to hydrolysis) is 1. The smallest absolute Gasteiger partial charge is 0.407 e. The third-order valence-corrected chi connectivity index (χ3v) is 2.10. The number of benzene rings is 1. The van der Waals surface area contributed by atoms with Gasteiger partial charge >= 0.3 is 6.09 Å². The summed E-state index contributed by atoms with van der Waals surface area (Å²) in [4.78, 5) is 11.3. The van der Waals surface area contributed by atoms with Gasteiger partial charge in [-0.1, -0.05) is 13.8 Å². The zero-order chi connectivity index (χ0) is 16.3. The van der Waals surface area contributed by atoms with Gasteiger partial charge in [0.25, 0.3) is 0 Å². The maximum Gasteiger partial charge on any atom is 0.407 e. The molecule has 0 saturated carbocycles. The molecule has 21 heavy (non-hydrogen) atoms. The summed E-state index contributed by atoms with van der Waals surface area (Å²) >= 11 is 0. The largest absolute Gasteiger partial charge is 0.497 e. The first-order valence-electron chi connectivity index (χ1n) is 7.14. The Labute approximate surface area is 127 Å².